The topological polar surface area (TPSA) is 42.4 Å². The lowest BCUT2D eigenvalue weighted by Crippen LogP contribution is -1.98. The molecule has 230 valence electrons. The third-order valence-corrected chi connectivity index (χ3v) is 9.59. The molecular weight excluding hydrogens is 611 g/mol. The highest BCUT2D eigenvalue weighted by Crippen LogP contribution is 2.42. The summed E-state index contributed by atoms with van der Waals surface area (Å²) in [7, 11) is 0. The zero-order chi connectivity index (χ0) is 33.8. The van der Waals surface area contributed by atoms with Crippen molar-refractivity contribution in [3.63, 3.8) is 0 Å². The van der Waals surface area contributed by atoms with E-state index in [-0.39, 0.29) is 0 Å². The van der Waals surface area contributed by atoms with Gasteiger partial charge >= 0.3 is 0 Å². The van der Waals surface area contributed by atoms with Crippen LogP contribution in [-0.2, 0) is 0 Å². The summed E-state index contributed by atoms with van der Waals surface area (Å²) in [6.45, 7) is 15.9. The van der Waals surface area contributed by atoms with Crippen LogP contribution in [0.4, 0.5) is 11.4 Å². The largest absolute Gasteiger partial charge is 0.318 e. The number of benzene rings is 7. The molecule has 2 heterocycles. The molecule has 2 aromatic heterocycles. The summed E-state index contributed by atoms with van der Waals surface area (Å²) >= 11 is 0. The Bertz CT molecular complexity index is 2960. The molecule has 0 N–H and O–H groups in total. The van der Waals surface area contributed by atoms with Crippen LogP contribution in [0.3, 0.4) is 0 Å². The molecule has 0 aliphatic carbocycles. The van der Waals surface area contributed by atoms with Gasteiger partial charge in [0, 0.05) is 27.4 Å². The van der Waals surface area contributed by atoms with Gasteiger partial charge in [0.15, 0.2) is 5.69 Å². The van der Waals surface area contributed by atoms with Crippen molar-refractivity contribution in [3.8, 4) is 39.7 Å². The van der Waals surface area contributed by atoms with Gasteiger partial charge in [-0.15, -0.1) is 0 Å². The maximum absolute atomic E-state index is 9.63. The van der Waals surface area contributed by atoms with Gasteiger partial charge in [-0.05, 0) is 76.2 Å². The molecule has 9 aromatic rings. The normalized spacial score (nSPS) is 11.1. The van der Waals surface area contributed by atoms with E-state index < -0.39 is 0 Å². The minimum absolute atomic E-state index is 0.554. The van der Waals surface area contributed by atoms with Crippen molar-refractivity contribution in [2.24, 2.45) is 0 Å². The van der Waals surface area contributed by atoms with Crippen molar-refractivity contribution in [3.05, 3.63) is 180 Å². The van der Waals surface area contributed by atoms with E-state index in [1.165, 1.54) is 0 Å². The molecular formula is C45H25N5. The standard InChI is InChI=1S/C45H25N5/c1-47-38-15-9-19-43-44(38)36-13-4-6-18-41(36)49(43)33-11-7-10-32(27-33)30-21-23-31(24-22-30)34-14-8-16-39(48-2)45(34)50-40-17-5-3-12-35(40)37-26-29(28-46)20-25-42(37)50/h3-27H. The first-order valence-corrected chi connectivity index (χ1v) is 16.2. The first kappa shape index (κ1) is 28.8. The summed E-state index contributed by atoms with van der Waals surface area (Å²) in [5, 5.41) is 13.7. The number of aromatic nitrogens is 2. The summed E-state index contributed by atoms with van der Waals surface area (Å²) in [6.07, 6.45) is 0. The fourth-order valence-corrected chi connectivity index (χ4v) is 7.41. The second kappa shape index (κ2) is 11.4. The highest BCUT2D eigenvalue weighted by molar-refractivity contribution is 6.15. The molecule has 0 saturated carbocycles. The monoisotopic (exact) mass is 635 g/mol. The Balaban J connectivity index is 1.18. The number of hydrogen-bond donors (Lipinski definition) is 0. The Morgan fingerprint density at radius 1 is 0.480 bits per heavy atom. The van der Waals surface area contributed by atoms with Crippen LogP contribution in [0, 0.1) is 24.5 Å². The average Bonchev–Trinajstić information content (AvgIpc) is 3.70. The van der Waals surface area contributed by atoms with E-state index in [1.807, 2.05) is 66.7 Å². The minimum Gasteiger partial charge on any atom is -0.318 e. The Hall–Kier alpha value is -7.39. The van der Waals surface area contributed by atoms with Gasteiger partial charge < -0.3 is 9.13 Å². The number of nitriles is 1. The maximum atomic E-state index is 9.63. The Morgan fingerprint density at radius 3 is 1.90 bits per heavy atom. The van der Waals surface area contributed by atoms with Crippen molar-refractivity contribution in [1.82, 2.24) is 9.13 Å². The van der Waals surface area contributed by atoms with E-state index in [9.17, 15) is 5.26 Å². The third kappa shape index (κ3) is 4.31. The van der Waals surface area contributed by atoms with E-state index in [2.05, 4.69) is 110 Å². The molecule has 50 heavy (non-hydrogen) atoms. The van der Waals surface area contributed by atoms with Gasteiger partial charge in [-0.2, -0.15) is 5.26 Å². The number of fused-ring (bicyclic) bond motifs is 6. The zero-order valence-corrected chi connectivity index (χ0v) is 26.7. The summed E-state index contributed by atoms with van der Waals surface area (Å²) < 4.78 is 4.40. The highest BCUT2D eigenvalue weighted by atomic mass is 15.0. The molecule has 0 spiro atoms. The summed E-state index contributed by atoms with van der Waals surface area (Å²) in [5.74, 6) is 0. The van der Waals surface area contributed by atoms with Crippen LogP contribution in [0.25, 0.3) is 86.9 Å². The molecule has 0 aliphatic heterocycles. The summed E-state index contributed by atoms with van der Waals surface area (Å²) in [6, 6.07) is 53.3. The summed E-state index contributed by atoms with van der Waals surface area (Å²) in [4.78, 5) is 7.80. The molecule has 0 amide bonds. The lowest BCUT2D eigenvalue weighted by Gasteiger charge is -2.16. The molecule has 0 atom stereocenters. The predicted octanol–water partition coefficient (Wildman–Crippen LogP) is 12.2. The van der Waals surface area contributed by atoms with Crippen LogP contribution in [-0.4, -0.2) is 9.13 Å². The molecule has 0 saturated heterocycles. The van der Waals surface area contributed by atoms with Crippen LogP contribution in [0.5, 0.6) is 0 Å². The smallest absolute Gasteiger partial charge is 0.211 e. The van der Waals surface area contributed by atoms with Crippen molar-refractivity contribution < 1.29 is 0 Å². The molecule has 0 aliphatic rings. The Morgan fingerprint density at radius 2 is 1.12 bits per heavy atom. The van der Waals surface area contributed by atoms with Gasteiger partial charge in [-0.1, -0.05) is 103 Å². The minimum atomic E-state index is 0.554. The van der Waals surface area contributed by atoms with Gasteiger partial charge in [-0.25, -0.2) is 9.69 Å². The number of para-hydroxylation sites is 3. The number of nitrogens with zero attached hydrogens (tertiary/aromatic N) is 5. The van der Waals surface area contributed by atoms with Crippen LogP contribution in [0.15, 0.2) is 152 Å². The summed E-state index contributed by atoms with van der Waals surface area (Å²) in [5.41, 5.74) is 11.8. The quantitative estimate of drug-likeness (QED) is 0.177. The van der Waals surface area contributed by atoms with E-state index >= 15 is 0 Å². The molecule has 5 nitrogen and oxygen atoms in total. The second-order valence-electron chi connectivity index (χ2n) is 12.2. The van der Waals surface area contributed by atoms with E-state index in [0.717, 1.165) is 77.2 Å². The molecule has 0 fully saturated rings. The third-order valence-electron chi connectivity index (χ3n) is 9.59. The van der Waals surface area contributed by atoms with Crippen molar-refractivity contribution in [2.75, 3.05) is 0 Å². The highest BCUT2D eigenvalue weighted by Gasteiger charge is 2.20. The molecule has 0 unspecified atom stereocenters. The predicted molar refractivity (Wildman–Crippen MR) is 203 cm³/mol. The Kier molecular flexibility index (Phi) is 6.56. The number of hydrogen-bond acceptors (Lipinski definition) is 1. The molecule has 7 aromatic carbocycles. The molecule has 5 heteroatoms. The lowest BCUT2D eigenvalue weighted by molar-refractivity contribution is 1.18. The van der Waals surface area contributed by atoms with Crippen LogP contribution in [0.1, 0.15) is 5.56 Å². The molecule has 9 rings (SSSR count). The van der Waals surface area contributed by atoms with Gasteiger partial charge in [0.25, 0.3) is 0 Å². The van der Waals surface area contributed by atoms with Crippen LogP contribution >= 0.6 is 0 Å². The average molecular weight is 636 g/mol. The van der Waals surface area contributed by atoms with Crippen molar-refractivity contribution in [2.45, 2.75) is 0 Å². The van der Waals surface area contributed by atoms with E-state index in [1.54, 1.807) is 0 Å². The number of rotatable bonds is 4. The molecule has 0 radical (unpaired) electrons. The Labute approximate surface area is 288 Å². The van der Waals surface area contributed by atoms with E-state index in [4.69, 9.17) is 13.1 Å². The zero-order valence-electron chi connectivity index (χ0n) is 26.7. The van der Waals surface area contributed by atoms with E-state index in [0.29, 0.717) is 16.9 Å². The van der Waals surface area contributed by atoms with Crippen molar-refractivity contribution >= 4 is 55.0 Å². The lowest BCUT2D eigenvalue weighted by atomic mass is 9.98. The van der Waals surface area contributed by atoms with Crippen LogP contribution < -0.4 is 0 Å². The first-order chi connectivity index (χ1) is 24.7. The van der Waals surface area contributed by atoms with Gasteiger partial charge in [0.2, 0.25) is 5.69 Å². The van der Waals surface area contributed by atoms with Gasteiger partial charge in [0.05, 0.1) is 47.0 Å². The van der Waals surface area contributed by atoms with Gasteiger partial charge in [-0.3, -0.25) is 0 Å². The van der Waals surface area contributed by atoms with Crippen molar-refractivity contribution in [1.29, 1.82) is 5.26 Å². The van der Waals surface area contributed by atoms with Gasteiger partial charge in [0.1, 0.15) is 0 Å². The second-order valence-corrected chi connectivity index (χ2v) is 12.2. The fourth-order valence-electron chi connectivity index (χ4n) is 7.41. The SMILES string of the molecule is [C-]#[N+]c1cccc(-c2ccc(-c3cccc(-n4c5ccccc5c5c([N+]#[C-])cccc54)c3)cc2)c1-n1c2ccccc2c2cc(C#N)ccc21. The first-order valence-electron chi connectivity index (χ1n) is 16.2. The maximum Gasteiger partial charge on any atom is 0.211 e. The van der Waals surface area contributed by atoms with Crippen LogP contribution in [0.2, 0.25) is 0 Å². The molecule has 0 bridgehead atoms. The fraction of sp³-hybridized carbons (Fsp3) is 0.